The first-order valence-electron chi connectivity index (χ1n) is 22.7. The summed E-state index contributed by atoms with van der Waals surface area (Å²) in [6, 6.07) is 66.9. The molecule has 0 N–H and O–H groups in total. The Morgan fingerprint density at radius 3 is 1.58 bits per heavy atom. The summed E-state index contributed by atoms with van der Waals surface area (Å²) in [5, 5.41) is 2.56. The Hall–Kier alpha value is -7.76. The van der Waals surface area contributed by atoms with Gasteiger partial charge in [-0.1, -0.05) is 137 Å². The van der Waals surface area contributed by atoms with Crippen molar-refractivity contribution in [2.45, 2.75) is 44.2 Å². The maximum Gasteiger partial charge on any atom is 0.319 e. The van der Waals surface area contributed by atoms with Crippen molar-refractivity contribution >= 4 is 56.1 Å². The molecule has 0 saturated heterocycles. The summed E-state index contributed by atoms with van der Waals surface area (Å²) in [5.41, 5.74) is 22.9. The van der Waals surface area contributed by atoms with Crippen LogP contribution in [0.4, 0.5) is 34.3 Å². The summed E-state index contributed by atoms with van der Waals surface area (Å²) in [5.74, 6) is 2.36. The van der Waals surface area contributed by atoms with Crippen molar-refractivity contribution in [3.63, 3.8) is 0 Å². The third-order valence-electron chi connectivity index (χ3n) is 16.1. The number of hydrogen-bond donors (Lipinski definition) is 0. The molecule has 300 valence electrons. The molecule has 0 aliphatic carbocycles. The average molecular weight is 820 g/mol. The molecule has 1 unspecified atom stereocenters. The summed E-state index contributed by atoms with van der Waals surface area (Å²) in [7, 11) is 0. The number of fused-ring (bicyclic) bond motifs is 11. The van der Waals surface area contributed by atoms with Gasteiger partial charge in [0.15, 0.2) is 22.6 Å². The Bertz CT molecular complexity index is 3860. The minimum absolute atomic E-state index is 0.287. The van der Waals surface area contributed by atoms with Gasteiger partial charge in [0.2, 0.25) is 0 Å². The van der Waals surface area contributed by atoms with Gasteiger partial charge in [0.05, 0.1) is 17.1 Å². The molecule has 6 aliphatic rings. The fourth-order valence-electron chi connectivity index (χ4n) is 13.5. The van der Waals surface area contributed by atoms with Crippen molar-refractivity contribution in [1.29, 1.82) is 0 Å². The van der Waals surface area contributed by atoms with Gasteiger partial charge in [-0.25, -0.2) is 0 Å². The lowest BCUT2D eigenvalue weighted by Gasteiger charge is -2.53. The SMILES string of the molecule is CC1(C)c2ccccc2N2c3ccc4c5ccccc5n5c4c3C34c6c2c1cc1c6N(c2ccccc2C1(C)C)c1cc(-c2ccccc2)cc([n+]13)-c1cc(-c2ccccc2)cc-5[n+]14. The highest BCUT2D eigenvalue weighted by atomic mass is 15.5. The van der Waals surface area contributed by atoms with Gasteiger partial charge in [-0.3, -0.25) is 0 Å². The van der Waals surface area contributed by atoms with Crippen LogP contribution in [-0.4, -0.2) is 4.57 Å². The number of pyridine rings is 2. The first-order valence-corrected chi connectivity index (χ1v) is 22.7. The highest BCUT2D eigenvalue weighted by molar-refractivity contribution is 6.14. The van der Waals surface area contributed by atoms with E-state index in [9.17, 15) is 0 Å². The zero-order chi connectivity index (χ0) is 42.2. The zero-order valence-electron chi connectivity index (χ0n) is 36.0. The maximum atomic E-state index is 2.78. The van der Waals surface area contributed by atoms with E-state index < -0.39 is 5.66 Å². The monoisotopic (exact) mass is 819 g/mol. The van der Waals surface area contributed by atoms with Crippen LogP contribution >= 0.6 is 0 Å². The summed E-state index contributed by atoms with van der Waals surface area (Å²) < 4.78 is 8.16. The van der Waals surface area contributed by atoms with Crippen molar-refractivity contribution in [2.75, 3.05) is 9.80 Å². The molecule has 9 heterocycles. The predicted molar refractivity (Wildman–Crippen MR) is 256 cm³/mol. The molecule has 0 fully saturated rings. The third kappa shape index (κ3) is 3.48. The molecule has 5 nitrogen and oxygen atoms in total. The van der Waals surface area contributed by atoms with Crippen LogP contribution in [0, 0.1) is 0 Å². The Morgan fingerprint density at radius 1 is 0.391 bits per heavy atom. The normalized spacial score (nSPS) is 18.2. The van der Waals surface area contributed by atoms with Crippen LogP contribution in [0.15, 0.2) is 176 Å². The fraction of sp³-hybridized carbons (Fsp3) is 0.119. The molecule has 0 amide bonds. The number of nitrogens with zero attached hydrogens (tertiary/aromatic N) is 5. The smallest absolute Gasteiger partial charge is 0.308 e. The highest BCUT2D eigenvalue weighted by Gasteiger charge is 2.72. The lowest BCUT2D eigenvalue weighted by molar-refractivity contribution is -0.931. The minimum Gasteiger partial charge on any atom is -0.308 e. The second kappa shape index (κ2) is 10.7. The van der Waals surface area contributed by atoms with Gasteiger partial charge in [-0.2, -0.15) is 18.6 Å². The molecule has 3 aromatic heterocycles. The molecule has 6 aliphatic heterocycles. The molecular weight excluding hydrogens is 779 g/mol. The Labute approximate surface area is 371 Å². The number of rotatable bonds is 2. The molecular formula is C59H41N5+2. The van der Waals surface area contributed by atoms with E-state index in [2.05, 4.69) is 227 Å². The minimum atomic E-state index is -0.772. The van der Waals surface area contributed by atoms with E-state index in [1.54, 1.807) is 0 Å². The molecule has 0 saturated carbocycles. The molecule has 0 bridgehead atoms. The van der Waals surface area contributed by atoms with Crippen LogP contribution < -0.4 is 18.9 Å². The Balaban J connectivity index is 1.22. The molecule has 0 radical (unpaired) electrons. The second-order valence-electron chi connectivity index (χ2n) is 19.8. The molecule has 1 atom stereocenters. The standard InChI is InChI=1S/C59H41N5/c1-57(2)40-22-12-15-25-45(40)60-47-28-27-39-38-21-11-14-24-44(38)61-50-31-36(34-17-7-5-8-18-34)29-48-49-30-37(35-19-9-6-10-20-35)32-51-62-46-26-16-13-23-41(46)58(3,4)43-33-42(57)55(60)53(56(43)62)59(63(48)50,64(49)51)52(47)54(39)61/h5-33H,1-4H3/q+2. The summed E-state index contributed by atoms with van der Waals surface area (Å²) in [6.07, 6.45) is 0. The first kappa shape index (κ1) is 33.8. The predicted octanol–water partition coefficient (Wildman–Crippen LogP) is 13.1. The van der Waals surface area contributed by atoms with E-state index in [1.807, 2.05) is 0 Å². The van der Waals surface area contributed by atoms with Crippen molar-refractivity contribution < 1.29 is 9.13 Å². The number of hydrogen-bond acceptors (Lipinski definition) is 2. The number of anilines is 6. The largest absolute Gasteiger partial charge is 0.319 e. The van der Waals surface area contributed by atoms with Crippen LogP contribution in [0.25, 0.3) is 61.3 Å². The van der Waals surface area contributed by atoms with Crippen LogP contribution in [0.3, 0.4) is 0 Å². The van der Waals surface area contributed by atoms with E-state index >= 15 is 0 Å². The van der Waals surface area contributed by atoms with Crippen molar-refractivity contribution in [2.24, 2.45) is 0 Å². The van der Waals surface area contributed by atoms with Crippen LogP contribution in [-0.2, 0) is 16.5 Å². The topological polar surface area (TPSA) is 19.2 Å². The molecule has 1 spiro atoms. The summed E-state index contributed by atoms with van der Waals surface area (Å²) >= 11 is 0. The van der Waals surface area contributed by atoms with E-state index in [4.69, 9.17) is 0 Å². The lowest BCUT2D eigenvalue weighted by Crippen LogP contribution is -2.76. The fourth-order valence-corrected chi connectivity index (χ4v) is 13.5. The van der Waals surface area contributed by atoms with Gasteiger partial charge in [-0.15, -0.1) is 0 Å². The number of benzene rings is 7. The first-order chi connectivity index (χ1) is 31.3. The molecule has 64 heavy (non-hydrogen) atoms. The van der Waals surface area contributed by atoms with Gasteiger partial charge < -0.3 is 4.90 Å². The maximum absolute atomic E-state index is 2.78. The van der Waals surface area contributed by atoms with Crippen LogP contribution in [0.2, 0.25) is 0 Å². The van der Waals surface area contributed by atoms with E-state index in [0.717, 1.165) is 0 Å². The van der Waals surface area contributed by atoms with Gasteiger partial charge in [-0.05, 0) is 88.0 Å². The number of para-hydroxylation sites is 3. The Kier molecular flexibility index (Phi) is 5.65. The van der Waals surface area contributed by atoms with E-state index in [1.165, 1.54) is 129 Å². The third-order valence-corrected chi connectivity index (χ3v) is 16.1. The number of aromatic nitrogens is 3. The molecule has 16 rings (SSSR count). The summed E-state index contributed by atoms with van der Waals surface area (Å²) in [4.78, 5) is 5.34. The van der Waals surface area contributed by atoms with Crippen molar-refractivity contribution in [3.05, 3.63) is 209 Å². The van der Waals surface area contributed by atoms with Gasteiger partial charge in [0, 0.05) is 44.9 Å². The van der Waals surface area contributed by atoms with Crippen LogP contribution in [0.5, 0.6) is 0 Å². The Morgan fingerprint density at radius 2 is 0.922 bits per heavy atom. The van der Waals surface area contributed by atoms with Crippen molar-refractivity contribution in [1.82, 2.24) is 4.57 Å². The van der Waals surface area contributed by atoms with Gasteiger partial charge in [0.1, 0.15) is 22.3 Å². The van der Waals surface area contributed by atoms with E-state index in [0.29, 0.717) is 0 Å². The quantitative estimate of drug-likeness (QED) is 0.162. The average Bonchev–Trinajstić information content (AvgIpc) is 3.83. The summed E-state index contributed by atoms with van der Waals surface area (Å²) in [6.45, 7) is 9.84. The lowest BCUT2D eigenvalue weighted by atomic mass is 9.63. The zero-order valence-corrected chi connectivity index (χ0v) is 36.0. The van der Waals surface area contributed by atoms with Crippen LogP contribution in [0.1, 0.15) is 61.1 Å². The van der Waals surface area contributed by atoms with Crippen molar-refractivity contribution in [3.8, 4) is 39.5 Å². The molecule has 7 aromatic carbocycles. The van der Waals surface area contributed by atoms with Gasteiger partial charge >= 0.3 is 5.66 Å². The molecule has 10 aromatic rings. The van der Waals surface area contributed by atoms with Gasteiger partial charge in [0.25, 0.3) is 11.6 Å². The second-order valence-corrected chi connectivity index (χ2v) is 19.8. The molecule has 5 heteroatoms. The van der Waals surface area contributed by atoms with E-state index in [-0.39, 0.29) is 10.8 Å². The highest BCUT2D eigenvalue weighted by Crippen LogP contribution is 2.69.